The minimum atomic E-state index is -0.0956. The van der Waals surface area contributed by atoms with Gasteiger partial charge in [0.2, 0.25) is 0 Å². The zero-order valence-corrected chi connectivity index (χ0v) is 14.3. The van der Waals surface area contributed by atoms with E-state index in [1.807, 2.05) is 24.3 Å². The maximum absolute atomic E-state index is 12.3. The fourth-order valence-corrected chi connectivity index (χ4v) is 3.44. The monoisotopic (exact) mass is 337 g/mol. The fourth-order valence-electron chi connectivity index (χ4n) is 3.44. The SMILES string of the molecule is O=c1n(CCNc2ccccc2N2CCCCC2)nc2ccccn12. The molecule has 0 spiro atoms. The third kappa shape index (κ3) is 3.24. The molecule has 4 rings (SSSR count). The average molecular weight is 337 g/mol. The smallest absolute Gasteiger partial charge is 0.350 e. The van der Waals surface area contributed by atoms with Crippen LogP contribution in [0.15, 0.2) is 53.5 Å². The quantitative estimate of drug-likeness (QED) is 0.777. The number of aromatic nitrogens is 3. The molecular weight excluding hydrogens is 314 g/mol. The Morgan fingerprint density at radius 2 is 1.80 bits per heavy atom. The van der Waals surface area contributed by atoms with E-state index in [2.05, 4.69) is 33.5 Å². The topological polar surface area (TPSA) is 54.6 Å². The zero-order valence-electron chi connectivity index (χ0n) is 14.3. The van der Waals surface area contributed by atoms with Crippen LogP contribution >= 0.6 is 0 Å². The molecule has 25 heavy (non-hydrogen) atoms. The van der Waals surface area contributed by atoms with E-state index in [0.717, 1.165) is 18.8 Å². The van der Waals surface area contributed by atoms with Crippen molar-refractivity contribution in [1.29, 1.82) is 0 Å². The minimum Gasteiger partial charge on any atom is -0.382 e. The Labute approximate surface area is 146 Å². The second kappa shape index (κ2) is 7.01. The Kier molecular flexibility index (Phi) is 4.41. The van der Waals surface area contributed by atoms with E-state index in [1.54, 1.807) is 10.6 Å². The molecule has 0 radical (unpaired) electrons. The van der Waals surface area contributed by atoms with Crippen LogP contribution in [0, 0.1) is 0 Å². The van der Waals surface area contributed by atoms with Crippen molar-refractivity contribution in [3.8, 4) is 0 Å². The van der Waals surface area contributed by atoms with Crippen molar-refractivity contribution in [2.24, 2.45) is 0 Å². The van der Waals surface area contributed by atoms with E-state index in [1.165, 1.54) is 29.6 Å². The molecule has 1 fully saturated rings. The maximum atomic E-state index is 12.3. The van der Waals surface area contributed by atoms with Crippen molar-refractivity contribution >= 4 is 17.0 Å². The summed E-state index contributed by atoms with van der Waals surface area (Å²) >= 11 is 0. The van der Waals surface area contributed by atoms with E-state index in [9.17, 15) is 4.79 Å². The molecule has 1 aliphatic heterocycles. The number of para-hydroxylation sites is 2. The second-order valence-electron chi connectivity index (χ2n) is 6.43. The number of nitrogens with zero attached hydrogens (tertiary/aromatic N) is 4. The highest BCUT2D eigenvalue weighted by atomic mass is 16.2. The van der Waals surface area contributed by atoms with E-state index < -0.39 is 0 Å². The van der Waals surface area contributed by atoms with Crippen molar-refractivity contribution in [3.05, 3.63) is 59.1 Å². The number of benzene rings is 1. The molecule has 3 heterocycles. The summed E-state index contributed by atoms with van der Waals surface area (Å²) in [7, 11) is 0. The Bertz CT molecular complexity index is 907. The van der Waals surface area contributed by atoms with Gasteiger partial charge in [0.05, 0.1) is 17.9 Å². The molecule has 0 bridgehead atoms. The third-order valence-electron chi connectivity index (χ3n) is 4.73. The van der Waals surface area contributed by atoms with Gasteiger partial charge in [0.15, 0.2) is 5.65 Å². The van der Waals surface area contributed by atoms with Gasteiger partial charge in [-0.2, -0.15) is 0 Å². The van der Waals surface area contributed by atoms with Crippen molar-refractivity contribution in [2.45, 2.75) is 25.8 Å². The molecule has 0 aliphatic carbocycles. The molecule has 1 N–H and O–H groups in total. The summed E-state index contributed by atoms with van der Waals surface area (Å²) in [5, 5.41) is 7.85. The first-order valence-corrected chi connectivity index (χ1v) is 8.95. The average Bonchev–Trinajstić information content (AvgIpc) is 2.99. The molecule has 1 aromatic carbocycles. The lowest BCUT2D eigenvalue weighted by atomic mass is 10.1. The highest BCUT2D eigenvalue weighted by molar-refractivity contribution is 5.70. The van der Waals surface area contributed by atoms with Crippen molar-refractivity contribution < 1.29 is 0 Å². The molecule has 1 aliphatic rings. The summed E-state index contributed by atoms with van der Waals surface area (Å²) < 4.78 is 3.09. The third-order valence-corrected chi connectivity index (χ3v) is 4.73. The largest absolute Gasteiger partial charge is 0.382 e. The van der Waals surface area contributed by atoms with Crippen LogP contribution in [-0.2, 0) is 6.54 Å². The normalized spacial score (nSPS) is 14.8. The van der Waals surface area contributed by atoms with Crippen LogP contribution in [0.4, 0.5) is 11.4 Å². The highest BCUT2D eigenvalue weighted by Gasteiger charge is 2.14. The summed E-state index contributed by atoms with van der Waals surface area (Å²) in [4.78, 5) is 14.8. The molecule has 2 aromatic heterocycles. The van der Waals surface area contributed by atoms with Crippen LogP contribution in [0.1, 0.15) is 19.3 Å². The van der Waals surface area contributed by atoms with Crippen LogP contribution in [0.5, 0.6) is 0 Å². The van der Waals surface area contributed by atoms with Gasteiger partial charge < -0.3 is 10.2 Å². The van der Waals surface area contributed by atoms with Crippen LogP contribution in [0.3, 0.4) is 0 Å². The van der Waals surface area contributed by atoms with Gasteiger partial charge >= 0.3 is 5.69 Å². The molecule has 0 unspecified atom stereocenters. The van der Waals surface area contributed by atoms with Gasteiger partial charge in [-0.25, -0.2) is 9.48 Å². The Balaban J connectivity index is 1.46. The standard InChI is InChI=1S/C19H23N5O/c25-19-23-14-7-4-10-18(23)21-24(19)15-11-20-16-8-2-3-9-17(16)22-12-5-1-6-13-22/h2-4,7-10,14,20H,1,5-6,11-13,15H2. The molecule has 6 nitrogen and oxygen atoms in total. The first-order valence-electron chi connectivity index (χ1n) is 8.95. The summed E-state index contributed by atoms with van der Waals surface area (Å²) in [5.41, 5.74) is 2.97. The molecule has 3 aromatic rings. The molecule has 0 amide bonds. The minimum absolute atomic E-state index is 0.0956. The highest BCUT2D eigenvalue weighted by Crippen LogP contribution is 2.27. The Hall–Kier alpha value is -2.76. The first kappa shape index (κ1) is 15.7. The second-order valence-corrected chi connectivity index (χ2v) is 6.43. The molecule has 0 saturated carbocycles. The molecule has 1 saturated heterocycles. The van der Waals surface area contributed by atoms with E-state index in [4.69, 9.17) is 0 Å². The zero-order chi connectivity index (χ0) is 17.1. The lowest BCUT2D eigenvalue weighted by Gasteiger charge is -2.30. The number of anilines is 2. The van der Waals surface area contributed by atoms with Crippen LogP contribution in [-0.4, -0.2) is 33.8 Å². The van der Waals surface area contributed by atoms with Crippen LogP contribution < -0.4 is 15.9 Å². The lowest BCUT2D eigenvalue weighted by molar-refractivity contribution is 0.577. The summed E-state index contributed by atoms with van der Waals surface area (Å²) in [6.07, 6.45) is 5.58. The summed E-state index contributed by atoms with van der Waals surface area (Å²) in [6, 6.07) is 14.0. The van der Waals surface area contributed by atoms with E-state index in [-0.39, 0.29) is 5.69 Å². The van der Waals surface area contributed by atoms with Gasteiger partial charge in [0, 0.05) is 25.8 Å². The number of rotatable bonds is 5. The number of hydrogen-bond acceptors (Lipinski definition) is 4. The van der Waals surface area contributed by atoms with Crippen LogP contribution in [0.2, 0.25) is 0 Å². The molecule has 0 atom stereocenters. The van der Waals surface area contributed by atoms with E-state index >= 15 is 0 Å². The molecule has 6 heteroatoms. The predicted molar refractivity (Wildman–Crippen MR) is 100 cm³/mol. The number of hydrogen-bond donors (Lipinski definition) is 1. The van der Waals surface area contributed by atoms with Crippen LogP contribution in [0.25, 0.3) is 5.65 Å². The lowest BCUT2D eigenvalue weighted by Crippen LogP contribution is -2.30. The van der Waals surface area contributed by atoms with Gasteiger partial charge in [0.1, 0.15) is 0 Å². The number of piperidine rings is 1. The van der Waals surface area contributed by atoms with Gasteiger partial charge in [-0.3, -0.25) is 4.40 Å². The van der Waals surface area contributed by atoms with Crippen molar-refractivity contribution in [2.75, 3.05) is 29.9 Å². The van der Waals surface area contributed by atoms with Gasteiger partial charge in [-0.05, 0) is 43.5 Å². The number of nitrogens with one attached hydrogen (secondary N) is 1. The van der Waals surface area contributed by atoms with Gasteiger partial charge in [-0.15, -0.1) is 5.10 Å². The van der Waals surface area contributed by atoms with Crippen molar-refractivity contribution in [1.82, 2.24) is 14.2 Å². The Morgan fingerprint density at radius 3 is 2.64 bits per heavy atom. The van der Waals surface area contributed by atoms with E-state index in [0.29, 0.717) is 18.7 Å². The fraction of sp³-hybridized carbons (Fsp3) is 0.368. The predicted octanol–water partition coefficient (Wildman–Crippen LogP) is 2.60. The van der Waals surface area contributed by atoms with Crippen molar-refractivity contribution in [3.63, 3.8) is 0 Å². The Morgan fingerprint density at radius 1 is 1.00 bits per heavy atom. The first-order chi connectivity index (χ1) is 12.3. The summed E-state index contributed by atoms with van der Waals surface area (Å²) in [6.45, 7) is 3.43. The van der Waals surface area contributed by atoms with Gasteiger partial charge in [-0.1, -0.05) is 18.2 Å². The number of fused-ring (bicyclic) bond motifs is 1. The number of pyridine rings is 1. The summed E-state index contributed by atoms with van der Waals surface area (Å²) in [5.74, 6) is 0. The molecule has 130 valence electrons. The van der Waals surface area contributed by atoms with Gasteiger partial charge in [0.25, 0.3) is 0 Å². The molecular formula is C19H23N5O. The maximum Gasteiger partial charge on any atom is 0.350 e.